The molecule has 1 amide bonds. The molecule has 0 bridgehead atoms. The first-order valence-electron chi connectivity index (χ1n) is 9.28. The predicted octanol–water partition coefficient (Wildman–Crippen LogP) is 4.02. The van der Waals surface area contributed by atoms with Crippen molar-refractivity contribution < 1.29 is 14.3 Å². The van der Waals surface area contributed by atoms with Gasteiger partial charge in [-0.25, -0.2) is 9.78 Å². The maximum atomic E-state index is 12.5. The van der Waals surface area contributed by atoms with Gasteiger partial charge in [0, 0.05) is 11.4 Å². The van der Waals surface area contributed by atoms with Gasteiger partial charge < -0.3 is 15.0 Å². The summed E-state index contributed by atoms with van der Waals surface area (Å²) in [6.45, 7) is 0. The lowest BCUT2D eigenvalue weighted by Gasteiger charge is -2.07. The fourth-order valence-corrected chi connectivity index (χ4v) is 4.83. The predicted molar refractivity (Wildman–Crippen MR) is 128 cm³/mol. The Balaban J connectivity index is 1.51. The largest absolute Gasteiger partial charge is 0.465 e. The van der Waals surface area contributed by atoms with Crippen LogP contribution in [0, 0.1) is 3.95 Å². The van der Waals surface area contributed by atoms with Crippen LogP contribution in [0.5, 0.6) is 0 Å². The summed E-state index contributed by atoms with van der Waals surface area (Å²) in [5.41, 5.74) is 1.89. The van der Waals surface area contributed by atoms with Gasteiger partial charge in [0.05, 0.1) is 18.4 Å². The van der Waals surface area contributed by atoms with Crippen molar-refractivity contribution in [3.8, 4) is 5.69 Å². The Morgan fingerprint density at radius 3 is 2.59 bits per heavy atom. The quantitative estimate of drug-likeness (QED) is 0.184. The molecule has 162 valence electrons. The van der Waals surface area contributed by atoms with Crippen molar-refractivity contribution in [1.82, 2.24) is 14.5 Å². The fraction of sp³-hybridized carbons (Fsp3) is 0.0952. The van der Waals surface area contributed by atoms with E-state index >= 15 is 0 Å². The highest BCUT2D eigenvalue weighted by Gasteiger charge is 2.15. The van der Waals surface area contributed by atoms with E-state index in [0.717, 1.165) is 17.4 Å². The molecule has 2 N–H and O–H groups in total. The minimum absolute atomic E-state index is 0.0312. The zero-order valence-corrected chi connectivity index (χ0v) is 19.1. The summed E-state index contributed by atoms with van der Waals surface area (Å²) < 4.78 is 7.34. The van der Waals surface area contributed by atoms with E-state index in [-0.39, 0.29) is 17.2 Å². The van der Waals surface area contributed by atoms with Crippen LogP contribution in [-0.2, 0) is 9.53 Å². The molecule has 2 heterocycles. The highest BCUT2D eigenvalue weighted by Crippen LogP contribution is 2.24. The molecule has 0 fully saturated rings. The number of hydrogen-bond acceptors (Lipinski definition) is 8. The Morgan fingerprint density at radius 1 is 1.19 bits per heavy atom. The van der Waals surface area contributed by atoms with E-state index in [0.29, 0.717) is 30.7 Å². The van der Waals surface area contributed by atoms with Gasteiger partial charge in [-0.15, -0.1) is 0 Å². The molecule has 0 radical (unpaired) electrons. The van der Waals surface area contributed by atoms with E-state index < -0.39 is 5.97 Å². The zero-order chi connectivity index (χ0) is 22.7. The molecule has 8 nitrogen and oxygen atoms in total. The van der Waals surface area contributed by atoms with E-state index in [9.17, 15) is 14.4 Å². The van der Waals surface area contributed by atoms with E-state index in [1.807, 2.05) is 30.3 Å². The number of benzene rings is 2. The number of rotatable bonds is 6. The van der Waals surface area contributed by atoms with Crippen molar-refractivity contribution in [3.63, 3.8) is 0 Å². The highest BCUT2D eigenvalue weighted by atomic mass is 32.2. The van der Waals surface area contributed by atoms with Crippen LogP contribution >= 0.6 is 35.3 Å². The van der Waals surface area contributed by atoms with Crippen molar-refractivity contribution in [2.45, 2.75) is 5.16 Å². The minimum atomic E-state index is -0.452. The second kappa shape index (κ2) is 9.47. The van der Waals surface area contributed by atoms with Crippen LogP contribution in [0.2, 0.25) is 0 Å². The van der Waals surface area contributed by atoms with E-state index in [1.165, 1.54) is 18.4 Å². The number of thioether (sulfide) groups is 1. The molecule has 0 spiro atoms. The number of aromatic amines is 1. The van der Waals surface area contributed by atoms with Crippen LogP contribution in [0.15, 0.2) is 64.5 Å². The molecule has 0 aliphatic heterocycles. The first-order chi connectivity index (χ1) is 15.5. The number of esters is 1. The standard InChI is InChI=1S/C21H16N4O4S3/c1-29-19(28)12-7-9-13(10-8-12)22-15(26)11-31-20-23-17-16(18(27)24-20)32-21(30)25(17)14-5-3-2-4-6-14/h2-10H,11H2,1H3,(H,22,26)(H,23,24,27). The number of carbonyl (C=O) groups is 2. The first kappa shape index (κ1) is 21.9. The molecular weight excluding hydrogens is 468 g/mol. The second-order valence-electron chi connectivity index (χ2n) is 6.47. The van der Waals surface area contributed by atoms with Crippen molar-refractivity contribution >= 4 is 63.2 Å². The summed E-state index contributed by atoms with van der Waals surface area (Å²) in [6, 6.07) is 15.8. The molecular formula is C21H16N4O4S3. The SMILES string of the molecule is COC(=O)c1ccc(NC(=O)CSc2nc3c(sc(=S)n3-c3ccccc3)c(=O)[nH]2)cc1. The number of thiazole rings is 1. The Morgan fingerprint density at radius 2 is 1.91 bits per heavy atom. The van der Waals surface area contributed by atoms with Gasteiger partial charge >= 0.3 is 5.97 Å². The number of nitrogens with one attached hydrogen (secondary N) is 2. The molecule has 4 rings (SSSR count). The van der Waals surface area contributed by atoms with Crippen LogP contribution in [0.4, 0.5) is 5.69 Å². The number of nitrogens with zero attached hydrogens (tertiary/aromatic N) is 2. The number of H-pyrrole nitrogens is 1. The summed E-state index contributed by atoms with van der Waals surface area (Å²) in [4.78, 5) is 43.6. The van der Waals surface area contributed by atoms with Crippen LogP contribution in [0.3, 0.4) is 0 Å². The van der Waals surface area contributed by atoms with E-state index in [4.69, 9.17) is 12.2 Å². The lowest BCUT2D eigenvalue weighted by Crippen LogP contribution is -2.15. The smallest absolute Gasteiger partial charge is 0.337 e. The molecule has 0 saturated carbocycles. The maximum Gasteiger partial charge on any atom is 0.337 e. The van der Waals surface area contributed by atoms with Gasteiger partial charge in [0.25, 0.3) is 5.56 Å². The van der Waals surface area contributed by atoms with Gasteiger partial charge in [-0.3, -0.25) is 14.2 Å². The molecule has 0 unspecified atom stereocenters. The zero-order valence-electron chi connectivity index (χ0n) is 16.7. The summed E-state index contributed by atoms with van der Waals surface area (Å²) in [5, 5.41) is 3.05. The third-order valence-electron chi connectivity index (χ3n) is 4.37. The fourth-order valence-electron chi connectivity index (χ4n) is 2.90. The van der Waals surface area contributed by atoms with Gasteiger partial charge in [0.2, 0.25) is 5.91 Å². The molecule has 32 heavy (non-hydrogen) atoms. The van der Waals surface area contributed by atoms with Gasteiger partial charge in [-0.05, 0) is 48.6 Å². The molecule has 2 aromatic heterocycles. The number of ether oxygens (including phenoxy) is 1. The van der Waals surface area contributed by atoms with Gasteiger partial charge in [0.1, 0.15) is 4.70 Å². The van der Waals surface area contributed by atoms with E-state index in [2.05, 4.69) is 20.0 Å². The molecule has 11 heteroatoms. The molecule has 0 aliphatic carbocycles. The summed E-state index contributed by atoms with van der Waals surface area (Å²) in [6.07, 6.45) is 0. The third-order valence-corrected chi connectivity index (χ3v) is 6.60. The summed E-state index contributed by atoms with van der Waals surface area (Å²) in [7, 11) is 1.30. The van der Waals surface area contributed by atoms with Gasteiger partial charge in [-0.2, -0.15) is 0 Å². The highest BCUT2D eigenvalue weighted by molar-refractivity contribution is 7.99. The number of para-hydroxylation sites is 1. The average Bonchev–Trinajstić information content (AvgIpc) is 3.14. The topological polar surface area (TPSA) is 106 Å². The van der Waals surface area contributed by atoms with Crippen LogP contribution in [0.1, 0.15) is 10.4 Å². The molecule has 4 aromatic rings. The number of methoxy groups -OCH3 is 1. The molecule has 0 saturated heterocycles. The van der Waals surface area contributed by atoms with Crippen molar-refractivity contribution in [2.24, 2.45) is 0 Å². The van der Waals surface area contributed by atoms with Gasteiger partial charge in [0.15, 0.2) is 14.8 Å². The van der Waals surface area contributed by atoms with Gasteiger partial charge in [-0.1, -0.05) is 41.3 Å². The Kier molecular flexibility index (Phi) is 6.49. The van der Waals surface area contributed by atoms with Crippen molar-refractivity contribution in [2.75, 3.05) is 18.2 Å². The number of amides is 1. The minimum Gasteiger partial charge on any atom is -0.465 e. The lowest BCUT2D eigenvalue weighted by atomic mass is 10.2. The Bertz CT molecular complexity index is 1410. The number of aromatic nitrogens is 3. The van der Waals surface area contributed by atoms with Crippen LogP contribution in [-0.4, -0.2) is 39.3 Å². The monoisotopic (exact) mass is 484 g/mol. The average molecular weight is 485 g/mol. The van der Waals surface area contributed by atoms with Crippen LogP contribution in [0.25, 0.3) is 16.0 Å². The van der Waals surface area contributed by atoms with Crippen LogP contribution < -0.4 is 10.9 Å². The number of hydrogen-bond donors (Lipinski definition) is 2. The van der Waals surface area contributed by atoms with E-state index in [1.54, 1.807) is 28.8 Å². The first-order valence-corrected chi connectivity index (χ1v) is 11.5. The third kappa shape index (κ3) is 4.64. The maximum absolute atomic E-state index is 12.5. The number of carbonyl (C=O) groups excluding carboxylic acids is 2. The van der Waals surface area contributed by atoms with Crippen molar-refractivity contribution in [3.05, 3.63) is 74.5 Å². The van der Waals surface area contributed by atoms with Crippen molar-refractivity contribution in [1.29, 1.82) is 0 Å². The lowest BCUT2D eigenvalue weighted by molar-refractivity contribution is -0.113. The summed E-state index contributed by atoms with van der Waals surface area (Å²) in [5.74, 6) is -0.704. The summed E-state index contributed by atoms with van der Waals surface area (Å²) >= 11 is 7.73. The Labute approximate surface area is 195 Å². The number of anilines is 1. The molecule has 0 aliphatic rings. The number of fused-ring (bicyclic) bond motifs is 1. The Hall–Kier alpha value is -3.28. The normalized spacial score (nSPS) is 10.8. The molecule has 2 aromatic carbocycles. The molecule has 0 atom stereocenters. The second-order valence-corrected chi connectivity index (χ2v) is 9.08.